The summed E-state index contributed by atoms with van der Waals surface area (Å²) in [6.07, 6.45) is 6.61. The van der Waals surface area contributed by atoms with Crippen molar-refractivity contribution in [2.75, 3.05) is 0 Å². The van der Waals surface area contributed by atoms with Crippen LogP contribution in [0.3, 0.4) is 0 Å². The van der Waals surface area contributed by atoms with Crippen molar-refractivity contribution < 1.29 is 4.42 Å². The lowest BCUT2D eigenvalue weighted by Gasteiger charge is -2.09. The van der Waals surface area contributed by atoms with Gasteiger partial charge in [-0.05, 0) is 58.1 Å². The van der Waals surface area contributed by atoms with E-state index in [4.69, 9.17) is 16.0 Å². The van der Waals surface area contributed by atoms with Gasteiger partial charge >= 0.3 is 0 Å². The molecular formula is C16H10BrClO. The van der Waals surface area contributed by atoms with Crippen molar-refractivity contribution in [1.29, 1.82) is 0 Å². The summed E-state index contributed by atoms with van der Waals surface area (Å²) >= 11 is 9.66. The van der Waals surface area contributed by atoms with Gasteiger partial charge in [-0.25, -0.2) is 0 Å². The molecule has 3 aromatic rings. The predicted octanol–water partition coefficient (Wildman–Crippen LogP) is 5.96. The highest BCUT2D eigenvalue weighted by molar-refractivity contribution is 9.10. The first-order chi connectivity index (χ1) is 9.22. The molecule has 0 fully saturated rings. The number of furan rings is 1. The molecule has 1 aliphatic carbocycles. The molecule has 0 saturated heterocycles. The van der Waals surface area contributed by atoms with Crippen molar-refractivity contribution in [3.63, 3.8) is 0 Å². The molecule has 1 aliphatic rings. The number of hydrogen-bond donors (Lipinski definition) is 0. The highest BCUT2D eigenvalue weighted by Crippen LogP contribution is 2.38. The fourth-order valence-corrected chi connectivity index (χ4v) is 3.75. The van der Waals surface area contributed by atoms with Gasteiger partial charge in [0, 0.05) is 26.3 Å². The molecule has 3 heteroatoms. The van der Waals surface area contributed by atoms with E-state index in [9.17, 15) is 0 Å². The van der Waals surface area contributed by atoms with E-state index in [1.54, 1.807) is 0 Å². The van der Waals surface area contributed by atoms with Crippen molar-refractivity contribution in [3.8, 4) is 0 Å². The predicted molar refractivity (Wildman–Crippen MR) is 83.8 cm³/mol. The van der Waals surface area contributed by atoms with E-state index in [-0.39, 0.29) is 0 Å². The molecule has 2 aromatic carbocycles. The van der Waals surface area contributed by atoms with Gasteiger partial charge < -0.3 is 4.42 Å². The Morgan fingerprint density at radius 3 is 2.89 bits per heavy atom. The van der Waals surface area contributed by atoms with E-state index in [0.29, 0.717) is 5.02 Å². The van der Waals surface area contributed by atoms with Gasteiger partial charge in [0.1, 0.15) is 11.2 Å². The largest absolute Gasteiger partial charge is 0.456 e. The zero-order chi connectivity index (χ0) is 13.0. The van der Waals surface area contributed by atoms with Crippen molar-refractivity contribution in [2.45, 2.75) is 12.8 Å². The lowest BCUT2D eigenvalue weighted by atomic mass is 9.95. The monoisotopic (exact) mass is 332 g/mol. The summed E-state index contributed by atoms with van der Waals surface area (Å²) in [5, 5.41) is 2.92. The molecule has 0 N–H and O–H groups in total. The van der Waals surface area contributed by atoms with Crippen LogP contribution in [0.15, 0.2) is 39.2 Å². The van der Waals surface area contributed by atoms with Gasteiger partial charge in [0.25, 0.3) is 0 Å². The van der Waals surface area contributed by atoms with Crippen molar-refractivity contribution in [3.05, 3.63) is 51.0 Å². The van der Waals surface area contributed by atoms with E-state index in [1.807, 2.05) is 12.1 Å². The number of allylic oxidation sites excluding steroid dienone is 1. The molecular weight excluding hydrogens is 324 g/mol. The highest BCUT2D eigenvalue weighted by atomic mass is 79.9. The van der Waals surface area contributed by atoms with Crippen molar-refractivity contribution >= 4 is 55.5 Å². The summed E-state index contributed by atoms with van der Waals surface area (Å²) in [5.74, 6) is 0. The Kier molecular flexibility index (Phi) is 2.51. The normalized spacial score (nSPS) is 14.2. The average Bonchev–Trinajstić information content (AvgIpc) is 2.72. The van der Waals surface area contributed by atoms with Crippen molar-refractivity contribution in [2.24, 2.45) is 0 Å². The van der Waals surface area contributed by atoms with Gasteiger partial charge in [0.15, 0.2) is 0 Å². The van der Waals surface area contributed by atoms with Gasteiger partial charge in [-0.3, -0.25) is 0 Å². The third-order valence-electron chi connectivity index (χ3n) is 3.63. The topological polar surface area (TPSA) is 13.1 Å². The molecule has 0 aliphatic heterocycles. The van der Waals surface area contributed by atoms with Crippen LogP contribution in [0, 0.1) is 0 Å². The Balaban J connectivity index is 2.16. The maximum Gasteiger partial charge on any atom is 0.138 e. The molecule has 0 bridgehead atoms. The van der Waals surface area contributed by atoms with E-state index >= 15 is 0 Å². The molecule has 4 rings (SSSR count). The molecule has 1 aromatic heterocycles. The SMILES string of the molecule is Clc1cc(Br)c2c(c1)oc1cc3c(cc12)C=CCC3. The molecule has 0 saturated carbocycles. The fraction of sp³-hybridized carbons (Fsp3) is 0.125. The van der Waals surface area contributed by atoms with E-state index < -0.39 is 0 Å². The molecule has 0 radical (unpaired) electrons. The minimum absolute atomic E-state index is 0.683. The molecule has 19 heavy (non-hydrogen) atoms. The Labute approximate surface area is 124 Å². The Morgan fingerprint density at radius 2 is 2.00 bits per heavy atom. The van der Waals surface area contributed by atoms with Crippen LogP contribution in [0.1, 0.15) is 17.5 Å². The second kappa shape index (κ2) is 4.12. The molecule has 0 amide bonds. The zero-order valence-corrected chi connectivity index (χ0v) is 12.4. The van der Waals surface area contributed by atoms with Crippen LogP contribution in [0.5, 0.6) is 0 Å². The summed E-state index contributed by atoms with van der Waals surface area (Å²) in [4.78, 5) is 0. The number of rotatable bonds is 0. The summed E-state index contributed by atoms with van der Waals surface area (Å²) in [7, 11) is 0. The van der Waals surface area contributed by atoms with Crippen LogP contribution in [0.2, 0.25) is 5.02 Å². The number of benzene rings is 2. The minimum Gasteiger partial charge on any atom is -0.456 e. The number of fused-ring (bicyclic) bond motifs is 4. The molecule has 0 unspecified atom stereocenters. The van der Waals surface area contributed by atoms with Gasteiger partial charge in [0.2, 0.25) is 0 Å². The maximum atomic E-state index is 6.08. The van der Waals surface area contributed by atoms with Crippen LogP contribution >= 0.6 is 27.5 Å². The van der Waals surface area contributed by atoms with Gasteiger partial charge in [-0.15, -0.1) is 0 Å². The first-order valence-corrected chi connectivity index (χ1v) is 7.40. The van der Waals surface area contributed by atoms with Crippen LogP contribution in [-0.2, 0) is 6.42 Å². The summed E-state index contributed by atoms with van der Waals surface area (Å²) < 4.78 is 6.92. The Morgan fingerprint density at radius 1 is 1.11 bits per heavy atom. The molecule has 94 valence electrons. The maximum absolute atomic E-state index is 6.08. The molecule has 1 nitrogen and oxygen atoms in total. The van der Waals surface area contributed by atoms with Crippen molar-refractivity contribution in [1.82, 2.24) is 0 Å². The molecule has 1 heterocycles. The third kappa shape index (κ3) is 1.74. The smallest absolute Gasteiger partial charge is 0.138 e. The summed E-state index contributed by atoms with van der Waals surface area (Å²) in [5.41, 5.74) is 4.42. The first-order valence-electron chi connectivity index (χ1n) is 6.23. The van der Waals surface area contributed by atoms with Gasteiger partial charge in [0.05, 0.1) is 0 Å². The zero-order valence-electron chi connectivity index (χ0n) is 10.0. The van der Waals surface area contributed by atoms with Crippen LogP contribution in [0.25, 0.3) is 28.0 Å². The van der Waals surface area contributed by atoms with Crippen LogP contribution in [-0.4, -0.2) is 0 Å². The Hall–Kier alpha value is -1.25. The molecule has 0 spiro atoms. The number of halogens is 2. The number of aryl methyl sites for hydroxylation is 1. The minimum atomic E-state index is 0.683. The lowest BCUT2D eigenvalue weighted by Crippen LogP contribution is -1.92. The van der Waals surface area contributed by atoms with E-state index in [1.165, 1.54) is 11.1 Å². The van der Waals surface area contributed by atoms with E-state index in [2.05, 4.69) is 40.2 Å². The summed E-state index contributed by atoms with van der Waals surface area (Å²) in [6, 6.07) is 8.16. The third-order valence-corrected chi connectivity index (χ3v) is 4.47. The van der Waals surface area contributed by atoms with Crippen LogP contribution < -0.4 is 0 Å². The average molecular weight is 334 g/mol. The molecule has 0 atom stereocenters. The fourth-order valence-electron chi connectivity index (χ4n) is 2.75. The lowest BCUT2D eigenvalue weighted by molar-refractivity contribution is 0.668. The number of hydrogen-bond acceptors (Lipinski definition) is 1. The van der Waals surface area contributed by atoms with Gasteiger partial charge in [-0.2, -0.15) is 0 Å². The standard InChI is InChI=1S/C16H10BrClO/c17-13-7-11(18)8-15-16(13)12-5-9-3-1-2-4-10(9)6-14(12)19-15/h1,3,5-8H,2,4H2. The Bertz CT molecular complexity index is 845. The second-order valence-electron chi connectivity index (χ2n) is 4.85. The van der Waals surface area contributed by atoms with Crippen LogP contribution in [0.4, 0.5) is 0 Å². The van der Waals surface area contributed by atoms with E-state index in [0.717, 1.165) is 39.3 Å². The quantitative estimate of drug-likeness (QED) is 0.494. The highest BCUT2D eigenvalue weighted by Gasteiger charge is 2.14. The summed E-state index contributed by atoms with van der Waals surface area (Å²) in [6.45, 7) is 0. The second-order valence-corrected chi connectivity index (χ2v) is 6.14. The first kappa shape index (κ1) is 11.6. The van der Waals surface area contributed by atoms with Gasteiger partial charge in [-0.1, -0.05) is 23.8 Å².